The summed E-state index contributed by atoms with van der Waals surface area (Å²) in [4.78, 5) is 3.91. The molecule has 3 aromatic rings. The largest absolute Gasteiger partial charge is 0.461 e. The number of likely N-dealkylation sites (tertiary alicyclic amines) is 1. The van der Waals surface area contributed by atoms with E-state index in [-0.39, 0.29) is 40.7 Å². The number of fused-ring (bicyclic) bond motifs is 1. The van der Waals surface area contributed by atoms with Crippen molar-refractivity contribution >= 4 is 38.5 Å². The zero-order valence-electron chi connectivity index (χ0n) is 23.5. The molecule has 13 heteroatoms. The first kappa shape index (κ1) is 31.1. The highest BCUT2D eigenvalue weighted by molar-refractivity contribution is 7.20. The predicted octanol–water partition coefficient (Wildman–Crippen LogP) is 6.21. The van der Waals surface area contributed by atoms with Crippen LogP contribution in [0.2, 0.25) is 0 Å². The lowest BCUT2D eigenvalue weighted by molar-refractivity contribution is -0.126. The maximum absolute atomic E-state index is 15.0. The molecule has 1 aromatic heterocycles. The summed E-state index contributed by atoms with van der Waals surface area (Å²) in [7, 11) is 1.85. The van der Waals surface area contributed by atoms with Gasteiger partial charge < -0.3 is 29.9 Å². The van der Waals surface area contributed by atoms with E-state index in [0.29, 0.717) is 55.0 Å². The zero-order chi connectivity index (χ0) is 30.6. The maximum Gasteiger partial charge on any atom is 0.393 e. The van der Waals surface area contributed by atoms with Crippen molar-refractivity contribution in [3.05, 3.63) is 46.6 Å². The highest BCUT2D eigenvalue weighted by Gasteiger charge is 2.32. The molecule has 0 bridgehead atoms. The number of alkyl halides is 5. The fraction of sp³-hybridized carbons (Fsp3) is 0.467. The number of nitrogens with one attached hydrogen (secondary N) is 2. The van der Waals surface area contributed by atoms with Crippen molar-refractivity contribution in [3.8, 4) is 17.6 Å². The molecular weight excluding hydrogens is 594 g/mol. The molecule has 3 heterocycles. The summed E-state index contributed by atoms with van der Waals surface area (Å²) >= 11 is 1.11. The third-order valence-electron chi connectivity index (χ3n) is 7.46. The molecule has 2 saturated heterocycles. The van der Waals surface area contributed by atoms with Gasteiger partial charge in [0.05, 0.1) is 58.9 Å². The molecule has 0 radical (unpaired) electrons. The monoisotopic (exact) mass is 626 g/mol. The van der Waals surface area contributed by atoms with Gasteiger partial charge >= 0.3 is 6.18 Å². The third-order valence-corrected chi connectivity index (χ3v) is 8.66. The summed E-state index contributed by atoms with van der Waals surface area (Å²) in [6.45, 7) is 1.62. The summed E-state index contributed by atoms with van der Waals surface area (Å²) in [6, 6.07) is 7.14. The number of nitrogens with zero attached hydrogens (tertiary/aromatic N) is 2. The number of piperidine rings is 1. The van der Waals surface area contributed by atoms with Crippen LogP contribution in [-0.2, 0) is 11.2 Å². The van der Waals surface area contributed by atoms with Crippen molar-refractivity contribution in [2.45, 2.75) is 31.2 Å². The minimum absolute atomic E-state index is 0.0474. The number of anilines is 3. The summed E-state index contributed by atoms with van der Waals surface area (Å²) in [5, 5.41) is 6.51. The van der Waals surface area contributed by atoms with Gasteiger partial charge in [0.15, 0.2) is 0 Å². The van der Waals surface area contributed by atoms with Crippen LogP contribution in [0.3, 0.4) is 0 Å². The molecule has 2 unspecified atom stereocenters. The quantitative estimate of drug-likeness (QED) is 0.229. The van der Waals surface area contributed by atoms with E-state index in [0.717, 1.165) is 11.3 Å². The molecule has 232 valence electrons. The fourth-order valence-electron chi connectivity index (χ4n) is 5.35. The van der Waals surface area contributed by atoms with Crippen LogP contribution in [0.5, 0.6) is 5.75 Å². The molecule has 2 atom stereocenters. The summed E-state index contributed by atoms with van der Waals surface area (Å²) in [5.74, 6) is 5.20. The maximum atomic E-state index is 15.0. The minimum Gasteiger partial charge on any atom is -0.461 e. The Morgan fingerprint density at radius 1 is 1.14 bits per heavy atom. The topological polar surface area (TPSA) is 49.0 Å². The molecule has 43 heavy (non-hydrogen) atoms. The first-order valence-corrected chi connectivity index (χ1v) is 14.7. The van der Waals surface area contributed by atoms with Crippen LogP contribution >= 0.6 is 11.3 Å². The van der Waals surface area contributed by atoms with E-state index >= 15 is 0 Å². The van der Waals surface area contributed by atoms with Gasteiger partial charge in [-0.2, -0.15) is 13.2 Å². The Hall–Kier alpha value is -3.34. The number of hydrogen-bond donors (Lipinski definition) is 2. The van der Waals surface area contributed by atoms with E-state index in [9.17, 15) is 26.3 Å². The molecule has 2 N–H and O–H groups in total. The molecule has 2 aromatic carbocycles. The Balaban J connectivity index is 1.39. The minimum atomic E-state index is -4.47. The molecular formula is C30H32F6N4O2S. The average molecular weight is 627 g/mol. The second kappa shape index (κ2) is 13.5. The Kier molecular flexibility index (Phi) is 9.78. The van der Waals surface area contributed by atoms with Crippen molar-refractivity contribution < 1.29 is 35.8 Å². The van der Waals surface area contributed by atoms with Crippen LogP contribution in [0.25, 0.3) is 10.1 Å². The molecule has 2 aliphatic heterocycles. The van der Waals surface area contributed by atoms with Crippen molar-refractivity contribution in [3.63, 3.8) is 0 Å². The van der Waals surface area contributed by atoms with Gasteiger partial charge in [-0.15, -0.1) is 11.3 Å². The van der Waals surface area contributed by atoms with Gasteiger partial charge in [0.25, 0.3) is 0 Å². The molecule has 5 rings (SSSR count). The Bertz CT molecular complexity index is 1480. The fourth-order valence-corrected chi connectivity index (χ4v) is 6.52. The van der Waals surface area contributed by atoms with Crippen LogP contribution in [0.4, 0.5) is 43.4 Å². The Morgan fingerprint density at radius 2 is 1.93 bits per heavy atom. The molecule has 6 nitrogen and oxygen atoms in total. The summed E-state index contributed by atoms with van der Waals surface area (Å²) in [5.41, 5.74) is 1.04. The smallest absolute Gasteiger partial charge is 0.393 e. The molecule has 0 spiro atoms. The van der Waals surface area contributed by atoms with Crippen LogP contribution < -0.4 is 20.3 Å². The van der Waals surface area contributed by atoms with E-state index in [1.165, 1.54) is 12.1 Å². The predicted molar refractivity (Wildman–Crippen MR) is 157 cm³/mol. The number of halogens is 6. The zero-order valence-corrected chi connectivity index (χ0v) is 24.3. The van der Waals surface area contributed by atoms with Crippen LogP contribution in [0.1, 0.15) is 16.9 Å². The van der Waals surface area contributed by atoms with Gasteiger partial charge in [-0.3, -0.25) is 0 Å². The van der Waals surface area contributed by atoms with Crippen LogP contribution in [0.15, 0.2) is 30.3 Å². The lowest BCUT2D eigenvalue weighted by Crippen LogP contribution is -2.46. The van der Waals surface area contributed by atoms with Crippen LogP contribution in [-0.4, -0.2) is 83.1 Å². The van der Waals surface area contributed by atoms with Crippen molar-refractivity contribution in [2.75, 3.05) is 75.4 Å². The van der Waals surface area contributed by atoms with Gasteiger partial charge in [0, 0.05) is 38.3 Å². The van der Waals surface area contributed by atoms with Crippen LogP contribution in [0, 0.1) is 17.7 Å². The van der Waals surface area contributed by atoms with E-state index in [4.69, 9.17) is 9.47 Å². The summed E-state index contributed by atoms with van der Waals surface area (Å²) < 4.78 is 94.6. The lowest BCUT2D eigenvalue weighted by Gasteiger charge is -2.33. The number of thiophene rings is 1. The molecule has 0 saturated carbocycles. The number of benzene rings is 2. The number of hydrogen-bond acceptors (Lipinski definition) is 7. The van der Waals surface area contributed by atoms with Crippen molar-refractivity contribution in [2.24, 2.45) is 0 Å². The third kappa shape index (κ3) is 7.60. The SMILES string of the molecule is CN1CCC(Nc2cccc3c(CC(F)(F)F)c(C#CCNc4cc(F)c(N5CCOCC5)cc4OCF)sc23)C(F)C1. The van der Waals surface area contributed by atoms with Gasteiger partial charge in [-0.25, -0.2) is 13.2 Å². The van der Waals surface area contributed by atoms with Crippen molar-refractivity contribution in [1.29, 1.82) is 0 Å². The Labute approximate surface area is 249 Å². The molecule has 0 aliphatic carbocycles. The summed E-state index contributed by atoms with van der Waals surface area (Å²) in [6.07, 6.45) is -6.19. The molecule has 2 fully saturated rings. The normalized spacial score (nSPS) is 19.7. The lowest BCUT2D eigenvalue weighted by atomic mass is 10.0. The average Bonchev–Trinajstić information content (AvgIpc) is 3.30. The van der Waals surface area contributed by atoms with E-state index in [1.54, 1.807) is 23.1 Å². The number of rotatable bonds is 8. The molecule has 2 aliphatic rings. The first-order chi connectivity index (χ1) is 20.6. The van der Waals surface area contributed by atoms with E-state index < -0.39 is 37.5 Å². The van der Waals surface area contributed by atoms with Gasteiger partial charge in [0.1, 0.15) is 17.7 Å². The van der Waals surface area contributed by atoms with Gasteiger partial charge in [0.2, 0.25) is 6.86 Å². The Morgan fingerprint density at radius 3 is 2.65 bits per heavy atom. The highest BCUT2D eigenvalue weighted by Crippen LogP contribution is 2.40. The van der Waals surface area contributed by atoms with Crippen molar-refractivity contribution in [1.82, 2.24) is 4.90 Å². The van der Waals surface area contributed by atoms with Gasteiger partial charge in [-0.05, 0) is 30.5 Å². The standard InChI is InChI=1S/C30H32F6N4O2S/c1-39-9-7-23(22(33)17-39)38-24-5-2-4-19-20(16-30(34,35)36)28(43-29(19)24)6-3-8-37-25-14-21(32)26(15-27(25)42-18-31)40-10-12-41-13-11-40/h2,4-5,14-15,22-23,37-38H,7-13,16-18H2,1H3. The first-order valence-electron chi connectivity index (χ1n) is 13.9. The number of ether oxygens (including phenoxy) is 2. The second-order valence-electron chi connectivity index (χ2n) is 10.5. The molecule has 0 amide bonds. The van der Waals surface area contributed by atoms with Gasteiger partial charge in [-0.1, -0.05) is 24.0 Å². The van der Waals surface area contributed by atoms with E-state index in [1.807, 2.05) is 11.9 Å². The number of morpholine rings is 1. The highest BCUT2D eigenvalue weighted by atomic mass is 32.1. The second-order valence-corrected chi connectivity index (χ2v) is 11.5. The van der Waals surface area contributed by atoms with E-state index in [2.05, 4.69) is 22.5 Å².